The van der Waals surface area contributed by atoms with Gasteiger partial charge in [-0.2, -0.15) is 0 Å². The van der Waals surface area contributed by atoms with Gasteiger partial charge in [0.25, 0.3) is 0 Å². The molecule has 4 amide bonds. The maximum Gasteiger partial charge on any atom is 0.408 e. The third kappa shape index (κ3) is 18.0. The number of hydrogen-bond acceptors (Lipinski definition) is 7. The van der Waals surface area contributed by atoms with E-state index in [4.69, 9.17) is 4.74 Å². The standard InChI is InChI=1S/C44H63N5O6/c1-30(2)23-35(29-45-28-34-21-15-10-16-22-34)46-40(51)27-39(50)36(24-31(3)4)47-41(52)37(25-32-17-11-8-12-18-32)48-42(53)38(26-33-19-13-9-14-20-33)49-43(54)55-44(5,6)7/h8-22,30-31,35-39,45,50H,23-29H2,1-7H3,(H,46,51)(H,47,52)(H,48,53)(H,49,54)/t35-,36-,37-,38-,39-/m0/s1. The number of benzene rings is 3. The second-order valence-electron chi connectivity index (χ2n) is 16.2. The third-order valence-electron chi connectivity index (χ3n) is 8.80. The van der Waals surface area contributed by atoms with Crippen molar-refractivity contribution in [1.29, 1.82) is 0 Å². The Morgan fingerprint density at radius 2 is 1.11 bits per heavy atom. The Kier molecular flexibility index (Phi) is 18.3. The van der Waals surface area contributed by atoms with Crippen LogP contribution in [0.4, 0.5) is 4.79 Å². The van der Waals surface area contributed by atoms with E-state index in [1.54, 1.807) is 20.8 Å². The number of aliphatic hydroxyl groups excluding tert-OH is 1. The fourth-order valence-electron chi connectivity index (χ4n) is 6.31. The van der Waals surface area contributed by atoms with Crippen LogP contribution in [-0.2, 0) is 38.5 Å². The Hall–Kier alpha value is -4.74. The molecule has 0 saturated heterocycles. The lowest BCUT2D eigenvalue weighted by atomic mass is 9.95. The summed E-state index contributed by atoms with van der Waals surface area (Å²) in [4.78, 5) is 54.3. The molecule has 0 radical (unpaired) electrons. The van der Waals surface area contributed by atoms with Crippen molar-refractivity contribution >= 4 is 23.8 Å². The molecule has 3 rings (SSSR count). The van der Waals surface area contributed by atoms with E-state index >= 15 is 0 Å². The molecule has 0 bridgehead atoms. The molecule has 300 valence electrons. The quantitative estimate of drug-likeness (QED) is 0.0844. The number of nitrogens with one attached hydrogen (secondary N) is 5. The smallest absolute Gasteiger partial charge is 0.408 e. The molecule has 5 atom stereocenters. The first-order valence-electron chi connectivity index (χ1n) is 19.5. The highest BCUT2D eigenvalue weighted by molar-refractivity contribution is 5.92. The van der Waals surface area contributed by atoms with Crippen molar-refractivity contribution in [3.63, 3.8) is 0 Å². The molecule has 11 nitrogen and oxygen atoms in total. The van der Waals surface area contributed by atoms with Crippen LogP contribution in [0.25, 0.3) is 0 Å². The van der Waals surface area contributed by atoms with Crippen molar-refractivity contribution in [2.24, 2.45) is 11.8 Å². The van der Waals surface area contributed by atoms with Crippen molar-refractivity contribution in [1.82, 2.24) is 26.6 Å². The second-order valence-corrected chi connectivity index (χ2v) is 16.2. The summed E-state index contributed by atoms with van der Waals surface area (Å²) in [6, 6.07) is 25.5. The van der Waals surface area contributed by atoms with Crippen molar-refractivity contribution in [2.45, 2.75) is 123 Å². The van der Waals surface area contributed by atoms with Gasteiger partial charge in [-0.15, -0.1) is 0 Å². The van der Waals surface area contributed by atoms with Gasteiger partial charge in [-0.1, -0.05) is 119 Å². The second kappa shape index (κ2) is 22.6. The lowest BCUT2D eigenvalue weighted by Crippen LogP contribution is -2.58. The Morgan fingerprint density at radius 3 is 1.60 bits per heavy atom. The van der Waals surface area contributed by atoms with E-state index in [9.17, 15) is 24.3 Å². The van der Waals surface area contributed by atoms with Gasteiger partial charge in [-0.05, 0) is 62.1 Å². The maximum atomic E-state index is 14.1. The van der Waals surface area contributed by atoms with Crippen LogP contribution < -0.4 is 26.6 Å². The number of ether oxygens (including phenoxy) is 1. The van der Waals surface area contributed by atoms with Gasteiger partial charge in [0.05, 0.1) is 18.6 Å². The zero-order valence-corrected chi connectivity index (χ0v) is 33.6. The van der Waals surface area contributed by atoms with Crippen LogP contribution in [0, 0.1) is 11.8 Å². The first-order valence-corrected chi connectivity index (χ1v) is 19.5. The summed E-state index contributed by atoms with van der Waals surface area (Å²) in [5.41, 5.74) is 1.97. The normalized spacial score (nSPS) is 14.3. The monoisotopic (exact) mass is 757 g/mol. The molecule has 0 aliphatic carbocycles. The SMILES string of the molecule is CC(C)C[C@@H](CNCc1ccccc1)NC(=O)C[C@H](O)[C@H](CC(C)C)NC(=O)[C@H](Cc1ccccc1)NC(=O)[C@H](Cc1ccccc1)NC(=O)OC(C)(C)C. The fourth-order valence-corrected chi connectivity index (χ4v) is 6.31. The van der Waals surface area contributed by atoms with Gasteiger partial charge in [0.1, 0.15) is 17.7 Å². The van der Waals surface area contributed by atoms with Gasteiger partial charge in [-0.25, -0.2) is 4.79 Å². The van der Waals surface area contributed by atoms with Crippen LogP contribution in [0.3, 0.4) is 0 Å². The van der Waals surface area contributed by atoms with Crippen molar-refractivity contribution < 1.29 is 29.0 Å². The Morgan fingerprint density at radius 1 is 0.636 bits per heavy atom. The van der Waals surface area contributed by atoms with E-state index in [1.807, 2.05) is 105 Å². The molecule has 0 aliphatic rings. The molecule has 3 aromatic carbocycles. The summed E-state index contributed by atoms with van der Waals surface area (Å²) in [7, 11) is 0. The van der Waals surface area contributed by atoms with E-state index in [0.29, 0.717) is 25.4 Å². The number of carbonyl (C=O) groups excluding carboxylic acids is 4. The number of alkyl carbamates (subject to hydrolysis) is 1. The van der Waals surface area contributed by atoms with Crippen LogP contribution in [0.2, 0.25) is 0 Å². The van der Waals surface area contributed by atoms with Crippen LogP contribution >= 0.6 is 0 Å². The topological polar surface area (TPSA) is 158 Å². The lowest BCUT2D eigenvalue weighted by Gasteiger charge is -2.29. The molecule has 0 aliphatic heterocycles. The molecule has 55 heavy (non-hydrogen) atoms. The van der Waals surface area contributed by atoms with Crippen LogP contribution in [0.1, 0.15) is 84.4 Å². The molecule has 0 spiro atoms. The van der Waals surface area contributed by atoms with E-state index in [-0.39, 0.29) is 37.1 Å². The summed E-state index contributed by atoms with van der Waals surface area (Å²) in [6.45, 7) is 14.6. The van der Waals surface area contributed by atoms with E-state index in [2.05, 4.69) is 40.4 Å². The predicted molar refractivity (Wildman–Crippen MR) is 217 cm³/mol. The van der Waals surface area contributed by atoms with Crippen LogP contribution in [-0.4, -0.2) is 71.3 Å². The zero-order chi connectivity index (χ0) is 40.4. The number of hydrogen-bond donors (Lipinski definition) is 6. The molecule has 0 saturated carbocycles. The van der Waals surface area contributed by atoms with E-state index < -0.39 is 47.7 Å². The van der Waals surface area contributed by atoms with E-state index in [1.165, 1.54) is 0 Å². The number of aliphatic hydroxyl groups is 1. The molecular weight excluding hydrogens is 695 g/mol. The van der Waals surface area contributed by atoms with Gasteiger partial charge < -0.3 is 36.4 Å². The van der Waals surface area contributed by atoms with Crippen molar-refractivity contribution in [3.8, 4) is 0 Å². The first kappa shape index (κ1) is 44.7. The van der Waals surface area contributed by atoms with Gasteiger partial charge in [0.2, 0.25) is 17.7 Å². The highest BCUT2D eigenvalue weighted by Gasteiger charge is 2.32. The highest BCUT2D eigenvalue weighted by Crippen LogP contribution is 2.15. The zero-order valence-electron chi connectivity index (χ0n) is 33.6. The highest BCUT2D eigenvalue weighted by atomic mass is 16.6. The van der Waals surface area contributed by atoms with Crippen molar-refractivity contribution in [3.05, 3.63) is 108 Å². The lowest BCUT2D eigenvalue weighted by molar-refractivity contribution is -0.131. The summed E-state index contributed by atoms with van der Waals surface area (Å²) in [6.07, 6.45) is -0.679. The fraction of sp³-hybridized carbons (Fsp3) is 0.500. The Balaban J connectivity index is 1.76. The Labute approximate surface area is 327 Å². The largest absolute Gasteiger partial charge is 0.444 e. The minimum Gasteiger partial charge on any atom is -0.444 e. The summed E-state index contributed by atoms with van der Waals surface area (Å²) >= 11 is 0. The number of carbonyl (C=O) groups is 4. The minimum atomic E-state index is -1.18. The molecule has 0 heterocycles. The van der Waals surface area contributed by atoms with Gasteiger partial charge in [0.15, 0.2) is 0 Å². The average Bonchev–Trinajstić information content (AvgIpc) is 3.10. The molecule has 0 fully saturated rings. The molecule has 11 heteroatoms. The Bertz CT molecular complexity index is 1600. The molecule has 3 aromatic rings. The summed E-state index contributed by atoms with van der Waals surface area (Å²) in [5, 5.41) is 26.5. The molecule has 0 aromatic heterocycles. The summed E-state index contributed by atoms with van der Waals surface area (Å²) < 4.78 is 5.46. The number of amides is 4. The first-order chi connectivity index (χ1) is 26.1. The van der Waals surface area contributed by atoms with Crippen LogP contribution in [0.15, 0.2) is 91.0 Å². The molecular formula is C44H63N5O6. The third-order valence-corrected chi connectivity index (χ3v) is 8.80. The van der Waals surface area contributed by atoms with Crippen LogP contribution in [0.5, 0.6) is 0 Å². The summed E-state index contributed by atoms with van der Waals surface area (Å²) in [5.74, 6) is -0.975. The minimum absolute atomic E-state index is 0.0781. The average molecular weight is 758 g/mol. The molecule has 6 N–H and O–H groups in total. The predicted octanol–water partition coefficient (Wildman–Crippen LogP) is 5.45. The number of rotatable bonds is 21. The van der Waals surface area contributed by atoms with Gasteiger partial charge in [-0.3, -0.25) is 14.4 Å². The van der Waals surface area contributed by atoms with E-state index in [0.717, 1.165) is 23.1 Å². The molecule has 0 unspecified atom stereocenters. The van der Waals surface area contributed by atoms with Crippen molar-refractivity contribution in [2.75, 3.05) is 6.54 Å². The maximum absolute atomic E-state index is 14.1. The van der Waals surface area contributed by atoms with Gasteiger partial charge >= 0.3 is 6.09 Å². The van der Waals surface area contributed by atoms with Gasteiger partial charge in [0, 0.05) is 32.0 Å².